The monoisotopic (exact) mass is 246 g/mol. The molecule has 1 aliphatic rings. The molecule has 0 amide bonds. The van der Waals surface area contributed by atoms with E-state index in [1.165, 1.54) is 24.0 Å². The predicted octanol–water partition coefficient (Wildman–Crippen LogP) is 2.70. The van der Waals surface area contributed by atoms with Gasteiger partial charge in [-0.25, -0.2) is 0 Å². The second-order valence-corrected chi connectivity index (χ2v) is 6.17. The Kier molecular flexibility index (Phi) is 4.08. The average Bonchev–Trinajstić information content (AvgIpc) is 2.32. The van der Waals surface area contributed by atoms with Crippen LogP contribution in [0.2, 0.25) is 0 Å². The Hall–Kier alpha value is -0.860. The molecule has 2 N–H and O–H groups in total. The summed E-state index contributed by atoms with van der Waals surface area (Å²) >= 11 is 0. The first-order valence-corrected chi connectivity index (χ1v) is 7.00. The van der Waals surface area contributed by atoms with Gasteiger partial charge in [-0.05, 0) is 57.8 Å². The Bertz CT molecular complexity index is 390. The molecule has 0 atom stereocenters. The number of rotatable bonds is 3. The first-order chi connectivity index (χ1) is 8.53. The topological polar surface area (TPSA) is 29.3 Å². The lowest BCUT2D eigenvalue weighted by atomic mass is 9.67. The van der Waals surface area contributed by atoms with Gasteiger partial charge in [0.2, 0.25) is 0 Å². The number of nitrogens with two attached hydrogens (primary N) is 1. The molecule has 1 saturated carbocycles. The first-order valence-electron chi connectivity index (χ1n) is 7.00. The highest BCUT2D eigenvalue weighted by Gasteiger charge is 2.37. The van der Waals surface area contributed by atoms with Crippen molar-refractivity contribution in [1.29, 1.82) is 0 Å². The summed E-state index contributed by atoms with van der Waals surface area (Å²) in [5, 5.41) is 0. The fourth-order valence-corrected chi connectivity index (χ4v) is 3.48. The fourth-order valence-electron chi connectivity index (χ4n) is 3.48. The number of nitrogens with zero attached hydrogens (tertiary/aromatic N) is 1. The quantitative estimate of drug-likeness (QED) is 0.888. The summed E-state index contributed by atoms with van der Waals surface area (Å²) in [4.78, 5) is 2.32. The van der Waals surface area contributed by atoms with E-state index in [4.69, 9.17) is 5.73 Å². The number of hydrogen-bond acceptors (Lipinski definition) is 2. The van der Waals surface area contributed by atoms with Crippen molar-refractivity contribution in [2.75, 3.05) is 20.6 Å². The van der Waals surface area contributed by atoms with Gasteiger partial charge in [-0.3, -0.25) is 0 Å². The third-order valence-electron chi connectivity index (χ3n) is 4.32. The normalized spacial score (nSPS) is 28.6. The minimum Gasteiger partial charge on any atom is -0.328 e. The molecule has 18 heavy (non-hydrogen) atoms. The molecule has 0 heterocycles. The van der Waals surface area contributed by atoms with Crippen LogP contribution >= 0.6 is 0 Å². The lowest BCUT2D eigenvalue weighted by Crippen LogP contribution is -2.44. The Balaban J connectivity index is 2.33. The van der Waals surface area contributed by atoms with Gasteiger partial charge in [0, 0.05) is 18.0 Å². The van der Waals surface area contributed by atoms with Gasteiger partial charge < -0.3 is 10.6 Å². The Labute approximate surface area is 111 Å². The van der Waals surface area contributed by atoms with Crippen molar-refractivity contribution >= 4 is 0 Å². The molecule has 2 rings (SSSR count). The van der Waals surface area contributed by atoms with Crippen LogP contribution in [0.15, 0.2) is 24.3 Å². The molecule has 0 bridgehead atoms. The van der Waals surface area contributed by atoms with Gasteiger partial charge in [0.1, 0.15) is 0 Å². The van der Waals surface area contributed by atoms with Crippen molar-refractivity contribution in [2.24, 2.45) is 5.73 Å². The zero-order valence-electron chi connectivity index (χ0n) is 11.9. The smallest absolute Gasteiger partial charge is 0.00838 e. The molecule has 0 spiro atoms. The minimum atomic E-state index is 0.310. The minimum absolute atomic E-state index is 0.310. The van der Waals surface area contributed by atoms with Crippen LogP contribution in [0.3, 0.4) is 0 Å². The third-order valence-corrected chi connectivity index (χ3v) is 4.32. The molecule has 0 radical (unpaired) electrons. The van der Waals surface area contributed by atoms with Gasteiger partial charge in [0.15, 0.2) is 0 Å². The van der Waals surface area contributed by atoms with E-state index in [0.717, 1.165) is 19.4 Å². The van der Waals surface area contributed by atoms with Crippen LogP contribution in [0.5, 0.6) is 0 Å². The van der Waals surface area contributed by atoms with E-state index in [2.05, 4.69) is 50.2 Å². The number of aryl methyl sites for hydroxylation is 1. The maximum Gasteiger partial charge on any atom is 0.00838 e. The number of hydrogen-bond donors (Lipinski definition) is 1. The highest BCUT2D eigenvalue weighted by Crippen LogP contribution is 2.40. The molecule has 1 aromatic rings. The summed E-state index contributed by atoms with van der Waals surface area (Å²) in [6, 6.07) is 9.27. The zero-order valence-corrected chi connectivity index (χ0v) is 11.9. The maximum absolute atomic E-state index is 6.09. The Morgan fingerprint density at radius 3 is 2.39 bits per heavy atom. The summed E-state index contributed by atoms with van der Waals surface area (Å²) < 4.78 is 0. The van der Waals surface area contributed by atoms with Crippen LogP contribution in [0.25, 0.3) is 0 Å². The Morgan fingerprint density at radius 1 is 1.22 bits per heavy atom. The maximum atomic E-state index is 6.09. The van der Waals surface area contributed by atoms with Crippen LogP contribution in [0.4, 0.5) is 0 Å². The van der Waals surface area contributed by atoms with Gasteiger partial charge in [-0.15, -0.1) is 0 Å². The van der Waals surface area contributed by atoms with Crippen LogP contribution in [0, 0.1) is 6.92 Å². The molecule has 1 aliphatic carbocycles. The predicted molar refractivity (Wildman–Crippen MR) is 77.9 cm³/mol. The summed E-state index contributed by atoms with van der Waals surface area (Å²) in [5.41, 5.74) is 9.36. The fraction of sp³-hybridized carbons (Fsp3) is 0.625. The summed E-state index contributed by atoms with van der Waals surface area (Å²) in [6.07, 6.45) is 4.75. The molecule has 1 aromatic carbocycles. The lowest BCUT2D eigenvalue weighted by molar-refractivity contribution is 0.203. The summed E-state index contributed by atoms with van der Waals surface area (Å²) in [5.74, 6) is 0. The van der Waals surface area contributed by atoms with Crippen molar-refractivity contribution in [2.45, 2.75) is 44.1 Å². The van der Waals surface area contributed by atoms with Crippen LogP contribution < -0.4 is 5.73 Å². The number of likely N-dealkylation sites (N-methyl/N-ethyl adjacent to an activating group) is 1. The average molecular weight is 246 g/mol. The van der Waals surface area contributed by atoms with E-state index in [1.807, 2.05) is 0 Å². The van der Waals surface area contributed by atoms with Crippen LogP contribution in [0.1, 0.15) is 36.8 Å². The van der Waals surface area contributed by atoms with E-state index in [9.17, 15) is 0 Å². The van der Waals surface area contributed by atoms with Gasteiger partial charge in [0.05, 0.1) is 0 Å². The molecular weight excluding hydrogens is 220 g/mol. The van der Waals surface area contributed by atoms with Crippen molar-refractivity contribution in [3.8, 4) is 0 Å². The highest BCUT2D eigenvalue weighted by atomic mass is 15.1. The molecule has 2 nitrogen and oxygen atoms in total. The van der Waals surface area contributed by atoms with E-state index in [1.54, 1.807) is 0 Å². The van der Waals surface area contributed by atoms with Gasteiger partial charge in [-0.1, -0.05) is 24.3 Å². The van der Waals surface area contributed by atoms with Crippen molar-refractivity contribution in [1.82, 2.24) is 4.90 Å². The largest absolute Gasteiger partial charge is 0.328 e. The summed E-state index contributed by atoms with van der Waals surface area (Å²) in [7, 11) is 4.35. The van der Waals surface area contributed by atoms with Crippen molar-refractivity contribution in [3.05, 3.63) is 35.4 Å². The first kappa shape index (κ1) is 13.6. The van der Waals surface area contributed by atoms with E-state index >= 15 is 0 Å². The Morgan fingerprint density at radius 2 is 1.83 bits per heavy atom. The standard InChI is InChI=1S/C16H26N2/c1-13-6-4-5-7-15(13)16(12-18(2)3)10-8-14(17)9-11-16/h4-7,14H,8-12,17H2,1-3H3. The molecular formula is C16H26N2. The van der Waals surface area contributed by atoms with Gasteiger partial charge in [0.25, 0.3) is 0 Å². The van der Waals surface area contributed by atoms with Crippen molar-refractivity contribution in [3.63, 3.8) is 0 Å². The van der Waals surface area contributed by atoms with E-state index < -0.39 is 0 Å². The van der Waals surface area contributed by atoms with Gasteiger partial charge in [-0.2, -0.15) is 0 Å². The molecule has 0 aliphatic heterocycles. The van der Waals surface area contributed by atoms with Crippen LogP contribution in [-0.2, 0) is 5.41 Å². The lowest BCUT2D eigenvalue weighted by Gasteiger charge is -2.42. The highest BCUT2D eigenvalue weighted by molar-refractivity contribution is 5.34. The van der Waals surface area contributed by atoms with E-state index in [-0.39, 0.29) is 0 Å². The van der Waals surface area contributed by atoms with Crippen LogP contribution in [-0.4, -0.2) is 31.6 Å². The number of benzene rings is 1. The molecule has 0 unspecified atom stereocenters. The third kappa shape index (κ3) is 2.76. The molecule has 0 aromatic heterocycles. The zero-order chi connectivity index (χ0) is 13.2. The molecule has 100 valence electrons. The second kappa shape index (κ2) is 5.41. The van der Waals surface area contributed by atoms with Crippen molar-refractivity contribution < 1.29 is 0 Å². The second-order valence-electron chi connectivity index (χ2n) is 6.17. The molecule has 2 heteroatoms. The molecule has 0 saturated heterocycles. The van der Waals surface area contributed by atoms with Gasteiger partial charge >= 0.3 is 0 Å². The molecule has 1 fully saturated rings. The SMILES string of the molecule is Cc1ccccc1C1(CN(C)C)CCC(N)CC1. The van der Waals surface area contributed by atoms with E-state index in [0.29, 0.717) is 11.5 Å². The summed E-state index contributed by atoms with van der Waals surface area (Å²) in [6.45, 7) is 3.37.